The van der Waals surface area contributed by atoms with Crippen LogP contribution in [-0.2, 0) is 0 Å². The largest absolute Gasteiger partial charge is 0.307 e. The number of hydrogen-bond donors (Lipinski definition) is 1. The molecule has 0 spiro atoms. The molecule has 0 amide bonds. The Morgan fingerprint density at radius 2 is 1.43 bits per heavy atom. The van der Waals surface area contributed by atoms with E-state index in [0.717, 1.165) is 0 Å². The number of benzene rings is 3. The molecular formula is C28H28N2. The second kappa shape index (κ2) is 8.71. The number of hydrazone groups is 1. The van der Waals surface area contributed by atoms with E-state index in [2.05, 4.69) is 95.5 Å². The van der Waals surface area contributed by atoms with Gasteiger partial charge in [-0.1, -0.05) is 98.1 Å². The summed E-state index contributed by atoms with van der Waals surface area (Å²) >= 11 is 0. The molecule has 0 heterocycles. The van der Waals surface area contributed by atoms with Gasteiger partial charge in [0.2, 0.25) is 0 Å². The summed E-state index contributed by atoms with van der Waals surface area (Å²) in [6.45, 7) is 0. The molecule has 0 saturated heterocycles. The predicted molar refractivity (Wildman–Crippen MR) is 127 cm³/mol. The lowest BCUT2D eigenvalue weighted by molar-refractivity contribution is 0.381. The molecule has 3 aromatic carbocycles. The topological polar surface area (TPSA) is 24.4 Å². The summed E-state index contributed by atoms with van der Waals surface area (Å²) in [5, 5.41) is 4.66. The number of nitrogens with zero attached hydrogens (tertiary/aromatic N) is 1. The normalized spacial score (nSPS) is 18.9. The fourth-order valence-electron chi connectivity index (χ4n) is 4.87. The van der Waals surface area contributed by atoms with Crippen LogP contribution in [0.5, 0.6) is 0 Å². The summed E-state index contributed by atoms with van der Waals surface area (Å²) in [6.07, 6.45) is 10.8. The van der Waals surface area contributed by atoms with Gasteiger partial charge in [-0.3, -0.25) is 0 Å². The maximum atomic E-state index is 4.66. The molecule has 2 nitrogen and oxygen atoms in total. The molecule has 0 bridgehead atoms. The zero-order valence-corrected chi connectivity index (χ0v) is 17.3. The van der Waals surface area contributed by atoms with Crippen molar-refractivity contribution in [1.82, 2.24) is 5.43 Å². The molecule has 30 heavy (non-hydrogen) atoms. The molecule has 3 aromatic rings. The van der Waals surface area contributed by atoms with E-state index in [1.165, 1.54) is 65.5 Å². The fourth-order valence-corrected chi connectivity index (χ4v) is 4.87. The Balaban J connectivity index is 1.50. The standard InChI is InChI=1S/C28H28N2/c1-3-11-21(12-4-1)27-19-22-13-7-9-17-25(22)28(27)26-18-10-8-14-23(26)20-29-30-24-15-5-2-6-16-24/h1,3-4,7-14,17-20,24,28,30H,2,5-6,15-16H2. The van der Waals surface area contributed by atoms with Gasteiger partial charge in [0, 0.05) is 12.0 Å². The number of hydrogen-bond acceptors (Lipinski definition) is 2. The molecule has 150 valence electrons. The van der Waals surface area contributed by atoms with Crippen LogP contribution in [0.3, 0.4) is 0 Å². The molecule has 2 heteroatoms. The smallest absolute Gasteiger partial charge is 0.0543 e. The van der Waals surface area contributed by atoms with Gasteiger partial charge in [-0.15, -0.1) is 0 Å². The van der Waals surface area contributed by atoms with Crippen LogP contribution in [0.15, 0.2) is 84.0 Å². The van der Waals surface area contributed by atoms with E-state index >= 15 is 0 Å². The van der Waals surface area contributed by atoms with Crippen molar-refractivity contribution in [3.8, 4) is 0 Å². The first-order valence-electron chi connectivity index (χ1n) is 11.1. The van der Waals surface area contributed by atoms with Crippen LogP contribution in [-0.4, -0.2) is 12.3 Å². The maximum Gasteiger partial charge on any atom is 0.0543 e. The highest BCUT2D eigenvalue weighted by molar-refractivity contribution is 5.95. The summed E-state index contributed by atoms with van der Waals surface area (Å²) in [6, 6.07) is 28.7. The summed E-state index contributed by atoms with van der Waals surface area (Å²) < 4.78 is 0. The molecule has 0 aromatic heterocycles. The van der Waals surface area contributed by atoms with Gasteiger partial charge >= 0.3 is 0 Å². The van der Waals surface area contributed by atoms with Gasteiger partial charge in [0.15, 0.2) is 0 Å². The monoisotopic (exact) mass is 392 g/mol. The van der Waals surface area contributed by atoms with Crippen molar-refractivity contribution in [3.63, 3.8) is 0 Å². The molecule has 1 saturated carbocycles. The van der Waals surface area contributed by atoms with E-state index in [-0.39, 0.29) is 5.92 Å². The summed E-state index contributed by atoms with van der Waals surface area (Å²) in [5.74, 6) is 0.223. The molecule has 1 fully saturated rings. The third-order valence-electron chi connectivity index (χ3n) is 6.41. The van der Waals surface area contributed by atoms with Gasteiger partial charge < -0.3 is 5.43 Å². The van der Waals surface area contributed by atoms with Crippen molar-refractivity contribution in [2.45, 2.75) is 44.1 Å². The minimum atomic E-state index is 0.223. The number of rotatable bonds is 5. The Hall–Kier alpha value is -3.13. The van der Waals surface area contributed by atoms with E-state index in [1.54, 1.807) is 0 Å². The quantitative estimate of drug-likeness (QED) is 0.382. The van der Waals surface area contributed by atoms with Crippen molar-refractivity contribution in [2.75, 3.05) is 0 Å². The highest BCUT2D eigenvalue weighted by atomic mass is 15.3. The predicted octanol–water partition coefficient (Wildman–Crippen LogP) is 6.63. The molecule has 0 aliphatic heterocycles. The van der Waals surface area contributed by atoms with E-state index in [1.807, 2.05) is 6.21 Å². The minimum absolute atomic E-state index is 0.223. The average molecular weight is 393 g/mol. The zero-order chi connectivity index (χ0) is 20.2. The van der Waals surface area contributed by atoms with E-state index in [9.17, 15) is 0 Å². The Kier molecular flexibility index (Phi) is 5.48. The van der Waals surface area contributed by atoms with Crippen LogP contribution in [0, 0.1) is 0 Å². The van der Waals surface area contributed by atoms with Crippen LogP contribution in [0.4, 0.5) is 0 Å². The summed E-state index contributed by atoms with van der Waals surface area (Å²) in [5.41, 5.74) is 11.2. The van der Waals surface area contributed by atoms with Crippen molar-refractivity contribution in [3.05, 3.63) is 107 Å². The zero-order valence-electron chi connectivity index (χ0n) is 17.3. The van der Waals surface area contributed by atoms with Crippen LogP contribution < -0.4 is 5.43 Å². The van der Waals surface area contributed by atoms with E-state index in [4.69, 9.17) is 0 Å². The van der Waals surface area contributed by atoms with Gasteiger partial charge in [0.25, 0.3) is 0 Å². The van der Waals surface area contributed by atoms with Crippen molar-refractivity contribution in [2.24, 2.45) is 5.10 Å². The molecular weight excluding hydrogens is 364 g/mol. The Bertz CT molecular complexity index is 1060. The van der Waals surface area contributed by atoms with Gasteiger partial charge in [-0.05, 0) is 52.3 Å². The molecule has 1 N–H and O–H groups in total. The number of allylic oxidation sites excluding steroid dienone is 1. The minimum Gasteiger partial charge on any atom is -0.307 e. The van der Waals surface area contributed by atoms with Gasteiger partial charge in [-0.25, -0.2) is 0 Å². The second-order valence-corrected chi connectivity index (χ2v) is 8.38. The Morgan fingerprint density at radius 3 is 2.27 bits per heavy atom. The van der Waals surface area contributed by atoms with Crippen LogP contribution in [0.2, 0.25) is 0 Å². The molecule has 0 radical (unpaired) electrons. The molecule has 2 aliphatic carbocycles. The van der Waals surface area contributed by atoms with E-state index in [0.29, 0.717) is 6.04 Å². The van der Waals surface area contributed by atoms with Crippen molar-refractivity contribution >= 4 is 17.9 Å². The molecule has 5 rings (SSSR count). The van der Waals surface area contributed by atoms with Crippen LogP contribution in [0.1, 0.15) is 65.8 Å². The third-order valence-corrected chi connectivity index (χ3v) is 6.41. The highest BCUT2D eigenvalue weighted by Gasteiger charge is 2.28. The molecule has 1 atom stereocenters. The third kappa shape index (κ3) is 3.82. The SMILES string of the molecule is C(=NNC1CCCCC1)c1ccccc1C1C(c2ccccc2)=Cc2ccccc21. The summed E-state index contributed by atoms with van der Waals surface area (Å²) in [4.78, 5) is 0. The van der Waals surface area contributed by atoms with E-state index < -0.39 is 0 Å². The molecule has 1 unspecified atom stereocenters. The Morgan fingerprint density at radius 1 is 0.733 bits per heavy atom. The first kappa shape index (κ1) is 18.9. The Labute approximate surface area is 179 Å². The summed E-state index contributed by atoms with van der Waals surface area (Å²) in [7, 11) is 0. The number of fused-ring (bicyclic) bond motifs is 1. The lowest BCUT2D eigenvalue weighted by atomic mass is 9.83. The maximum absolute atomic E-state index is 4.66. The van der Waals surface area contributed by atoms with Gasteiger partial charge in [0.1, 0.15) is 0 Å². The first-order valence-corrected chi connectivity index (χ1v) is 11.1. The lowest BCUT2D eigenvalue weighted by Crippen LogP contribution is -2.26. The fraction of sp³-hybridized carbons (Fsp3) is 0.250. The average Bonchev–Trinajstić information content (AvgIpc) is 3.20. The van der Waals surface area contributed by atoms with Crippen molar-refractivity contribution in [1.29, 1.82) is 0 Å². The lowest BCUT2D eigenvalue weighted by Gasteiger charge is -2.21. The molecule has 2 aliphatic rings. The number of nitrogens with one attached hydrogen (secondary N) is 1. The van der Waals surface area contributed by atoms with Crippen LogP contribution in [0.25, 0.3) is 11.6 Å². The van der Waals surface area contributed by atoms with Gasteiger partial charge in [-0.2, -0.15) is 5.10 Å². The van der Waals surface area contributed by atoms with Gasteiger partial charge in [0.05, 0.1) is 6.21 Å². The van der Waals surface area contributed by atoms with Crippen molar-refractivity contribution < 1.29 is 0 Å². The van der Waals surface area contributed by atoms with Crippen LogP contribution >= 0.6 is 0 Å². The first-order chi connectivity index (χ1) is 14.9. The highest BCUT2D eigenvalue weighted by Crippen LogP contribution is 2.46. The second-order valence-electron chi connectivity index (χ2n) is 8.38.